The average Bonchev–Trinajstić information content (AvgIpc) is 2.21. The topological polar surface area (TPSA) is 58.6 Å². The Bertz CT molecular complexity index is 427. The first-order valence-electron chi connectivity index (χ1n) is 5.68. The van der Waals surface area contributed by atoms with Crippen LogP contribution in [0.15, 0.2) is 18.2 Å². The molecule has 1 aromatic carbocycles. The van der Waals surface area contributed by atoms with Gasteiger partial charge in [0.1, 0.15) is 11.4 Å². The normalized spacial score (nSPS) is 11.3. The molecule has 1 aromatic rings. The van der Waals surface area contributed by atoms with Crippen LogP contribution in [0.4, 0.5) is 0 Å². The number of benzene rings is 1. The molecule has 18 heavy (non-hydrogen) atoms. The van der Waals surface area contributed by atoms with Gasteiger partial charge in [0.15, 0.2) is 0 Å². The van der Waals surface area contributed by atoms with Gasteiger partial charge in [-0.2, -0.15) is 0 Å². The molecule has 0 unspecified atom stereocenters. The highest BCUT2D eigenvalue weighted by Gasteiger charge is 2.15. The van der Waals surface area contributed by atoms with Crippen LogP contribution in [-0.4, -0.2) is 23.2 Å². The Labute approximate surface area is 112 Å². The molecule has 2 N–H and O–H groups in total. The summed E-state index contributed by atoms with van der Waals surface area (Å²) in [5.41, 5.74) is 0.155. The van der Waals surface area contributed by atoms with Crippen molar-refractivity contribution in [1.29, 1.82) is 0 Å². The second-order valence-electron chi connectivity index (χ2n) is 4.94. The molecule has 100 valence electrons. The summed E-state index contributed by atoms with van der Waals surface area (Å²) in [5.74, 6) is -0.292. The molecule has 0 aromatic heterocycles. The highest BCUT2D eigenvalue weighted by atomic mass is 35.5. The van der Waals surface area contributed by atoms with Gasteiger partial charge in [0, 0.05) is 12.1 Å². The molecule has 0 fully saturated rings. The summed E-state index contributed by atoms with van der Waals surface area (Å²) in [5, 5.41) is 12.9. The van der Waals surface area contributed by atoms with E-state index < -0.39 is 5.60 Å². The van der Waals surface area contributed by atoms with Crippen LogP contribution in [0.25, 0.3) is 0 Å². The molecule has 0 amide bonds. The van der Waals surface area contributed by atoms with Crippen molar-refractivity contribution < 1.29 is 14.6 Å². The zero-order valence-corrected chi connectivity index (χ0v) is 11.5. The van der Waals surface area contributed by atoms with E-state index >= 15 is 0 Å². The molecule has 4 nitrogen and oxygen atoms in total. The monoisotopic (exact) mass is 271 g/mol. The first-order valence-corrected chi connectivity index (χ1v) is 6.06. The number of nitrogens with one attached hydrogen (secondary N) is 1. The third kappa shape index (κ3) is 4.94. The molecule has 0 bridgehead atoms. The molecule has 0 spiro atoms. The summed E-state index contributed by atoms with van der Waals surface area (Å²) in [6.45, 7) is 5.88. The van der Waals surface area contributed by atoms with Gasteiger partial charge < -0.3 is 15.2 Å². The molecule has 1 rings (SSSR count). The fraction of sp³-hybridized carbons (Fsp3) is 0.462. The highest BCUT2D eigenvalue weighted by molar-refractivity contribution is 6.32. The maximum Gasteiger partial charge on any atom is 0.320 e. The van der Waals surface area contributed by atoms with E-state index in [9.17, 15) is 9.90 Å². The van der Waals surface area contributed by atoms with E-state index in [2.05, 4.69) is 5.32 Å². The summed E-state index contributed by atoms with van der Waals surface area (Å²) in [6.07, 6.45) is 0. The molecule has 5 heteroatoms. The number of para-hydroxylation sites is 1. The Hall–Kier alpha value is -1.26. The minimum atomic E-state index is -0.489. The summed E-state index contributed by atoms with van der Waals surface area (Å²) in [7, 11) is 0. The zero-order valence-electron chi connectivity index (χ0n) is 10.8. The van der Waals surface area contributed by atoms with Crippen molar-refractivity contribution in [2.45, 2.75) is 32.9 Å². The second kappa shape index (κ2) is 6.07. The number of carbonyl (C=O) groups is 1. The van der Waals surface area contributed by atoms with Crippen LogP contribution in [0, 0.1) is 0 Å². The van der Waals surface area contributed by atoms with Gasteiger partial charge in [-0.3, -0.25) is 4.79 Å². The van der Waals surface area contributed by atoms with E-state index in [0.717, 1.165) is 0 Å². The molecular weight excluding hydrogens is 254 g/mol. The number of rotatable bonds is 4. The van der Waals surface area contributed by atoms with Crippen molar-refractivity contribution in [1.82, 2.24) is 5.32 Å². The second-order valence-corrected chi connectivity index (χ2v) is 5.34. The Morgan fingerprint density at radius 3 is 2.72 bits per heavy atom. The number of aromatic hydroxyl groups is 1. The van der Waals surface area contributed by atoms with E-state index in [0.29, 0.717) is 17.1 Å². The SMILES string of the molecule is CC(C)(C)OC(=O)CNCc1cccc(Cl)c1O. The first-order chi connectivity index (χ1) is 8.29. The van der Waals surface area contributed by atoms with Crippen LogP contribution in [0.3, 0.4) is 0 Å². The van der Waals surface area contributed by atoms with E-state index in [1.165, 1.54) is 0 Å². The van der Waals surface area contributed by atoms with Crippen molar-refractivity contribution in [3.8, 4) is 5.75 Å². The van der Waals surface area contributed by atoms with Gasteiger partial charge in [-0.15, -0.1) is 0 Å². The Morgan fingerprint density at radius 1 is 1.44 bits per heavy atom. The fourth-order valence-electron chi connectivity index (χ4n) is 1.38. The van der Waals surface area contributed by atoms with Gasteiger partial charge in [-0.25, -0.2) is 0 Å². The lowest BCUT2D eigenvalue weighted by Crippen LogP contribution is -2.31. The van der Waals surface area contributed by atoms with E-state index in [1.54, 1.807) is 18.2 Å². The van der Waals surface area contributed by atoms with Crippen molar-refractivity contribution >= 4 is 17.6 Å². The minimum absolute atomic E-state index is 0.0378. The Morgan fingerprint density at radius 2 is 2.11 bits per heavy atom. The van der Waals surface area contributed by atoms with Gasteiger partial charge in [0.25, 0.3) is 0 Å². The maximum absolute atomic E-state index is 11.4. The maximum atomic E-state index is 11.4. The van der Waals surface area contributed by atoms with Gasteiger partial charge in [0.2, 0.25) is 0 Å². The van der Waals surface area contributed by atoms with Gasteiger partial charge >= 0.3 is 5.97 Å². The summed E-state index contributed by atoms with van der Waals surface area (Å²) in [4.78, 5) is 11.4. The molecule has 0 saturated heterocycles. The fourth-order valence-corrected chi connectivity index (χ4v) is 1.57. The molecular formula is C13H18ClNO3. The number of esters is 1. The zero-order chi connectivity index (χ0) is 13.8. The van der Waals surface area contributed by atoms with Crippen molar-refractivity contribution in [2.24, 2.45) is 0 Å². The quantitative estimate of drug-likeness (QED) is 0.826. The van der Waals surface area contributed by atoms with E-state index in [-0.39, 0.29) is 18.3 Å². The number of carbonyl (C=O) groups excluding carboxylic acids is 1. The number of phenols is 1. The lowest BCUT2D eigenvalue weighted by atomic mass is 10.2. The third-order valence-corrected chi connectivity index (χ3v) is 2.38. The predicted molar refractivity (Wildman–Crippen MR) is 70.7 cm³/mol. The largest absolute Gasteiger partial charge is 0.506 e. The van der Waals surface area contributed by atoms with Crippen LogP contribution in [-0.2, 0) is 16.1 Å². The van der Waals surface area contributed by atoms with Crippen molar-refractivity contribution in [3.05, 3.63) is 28.8 Å². The van der Waals surface area contributed by atoms with Crippen molar-refractivity contribution in [3.63, 3.8) is 0 Å². The number of phenolic OH excluding ortho intramolecular Hbond substituents is 1. The molecule has 0 aliphatic heterocycles. The van der Waals surface area contributed by atoms with Gasteiger partial charge in [-0.05, 0) is 26.8 Å². The summed E-state index contributed by atoms with van der Waals surface area (Å²) < 4.78 is 5.14. The molecule has 0 radical (unpaired) electrons. The average molecular weight is 272 g/mol. The van der Waals surface area contributed by atoms with Gasteiger partial charge in [-0.1, -0.05) is 23.7 Å². The standard InChI is InChI=1S/C13H18ClNO3/c1-13(2,3)18-11(16)8-15-7-9-5-4-6-10(14)12(9)17/h4-6,15,17H,7-8H2,1-3H3. The van der Waals surface area contributed by atoms with E-state index in [4.69, 9.17) is 16.3 Å². The lowest BCUT2D eigenvalue weighted by Gasteiger charge is -2.19. The third-order valence-electron chi connectivity index (χ3n) is 2.08. The molecule has 0 aliphatic rings. The number of hydrogen-bond donors (Lipinski definition) is 2. The van der Waals surface area contributed by atoms with Crippen LogP contribution >= 0.6 is 11.6 Å². The smallest absolute Gasteiger partial charge is 0.320 e. The molecule has 0 atom stereocenters. The van der Waals surface area contributed by atoms with Crippen molar-refractivity contribution in [2.75, 3.05) is 6.54 Å². The van der Waals surface area contributed by atoms with Crippen LogP contribution in [0.2, 0.25) is 5.02 Å². The number of hydrogen-bond acceptors (Lipinski definition) is 4. The van der Waals surface area contributed by atoms with E-state index in [1.807, 2.05) is 20.8 Å². The minimum Gasteiger partial charge on any atom is -0.506 e. The molecule has 0 saturated carbocycles. The Balaban J connectivity index is 2.43. The number of ether oxygens (including phenoxy) is 1. The molecule has 0 aliphatic carbocycles. The van der Waals surface area contributed by atoms with Crippen LogP contribution in [0.5, 0.6) is 5.75 Å². The highest BCUT2D eigenvalue weighted by Crippen LogP contribution is 2.26. The summed E-state index contributed by atoms with van der Waals surface area (Å²) >= 11 is 5.77. The van der Waals surface area contributed by atoms with Gasteiger partial charge in [0.05, 0.1) is 11.6 Å². The van der Waals surface area contributed by atoms with Crippen LogP contribution in [0.1, 0.15) is 26.3 Å². The lowest BCUT2D eigenvalue weighted by molar-refractivity contribution is -0.153. The molecule has 0 heterocycles. The van der Waals surface area contributed by atoms with Crippen LogP contribution < -0.4 is 5.32 Å². The predicted octanol–water partition coefficient (Wildman–Crippen LogP) is 2.48. The summed E-state index contributed by atoms with van der Waals surface area (Å²) in [6, 6.07) is 5.09. The Kier molecular flexibility index (Phi) is 4.99. The first kappa shape index (κ1) is 14.8. The number of halogens is 1.